The summed E-state index contributed by atoms with van der Waals surface area (Å²) in [5.74, 6) is -2.10. The number of aromatic nitrogens is 1. The highest BCUT2D eigenvalue weighted by Gasteiger charge is 2.35. The van der Waals surface area contributed by atoms with Gasteiger partial charge in [-0.05, 0) is 35.9 Å². The van der Waals surface area contributed by atoms with Crippen molar-refractivity contribution in [1.82, 2.24) is 9.29 Å². The quantitative estimate of drug-likeness (QED) is 0.339. The Morgan fingerprint density at radius 1 is 1.09 bits per heavy atom. The maximum atomic E-state index is 14.3. The smallest absolute Gasteiger partial charge is 0.252 e. The fourth-order valence-electron chi connectivity index (χ4n) is 4.17. The number of benzene rings is 2. The van der Waals surface area contributed by atoms with Crippen LogP contribution in [0.5, 0.6) is 0 Å². The Morgan fingerprint density at radius 2 is 1.83 bits per heavy atom. The standard InChI is InChI=1S/C24H21F2N3O3S3/c25-18-13-19(26)22-20(14-18)34-24(27-22)29(15-16-5-2-1-3-6-16)23(30)17-8-10-28(11-9-17)35(31,32)21-7-4-12-33-21/h1-7,12-14,17H,8-11,15H2. The number of carbonyl (C=O) groups excluding carboxylic acids is 1. The van der Waals surface area contributed by atoms with Gasteiger partial charge < -0.3 is 0 Å². The fraction of sp³-hybridized carbons (Fsp3) is 0.250. The van der Waals surface area contributed by atoms with E-state index in [0.29, 0.717) is 17.5 Å². The van der Waals surface area contributed by atoms with Crippen molar-refractivity contribution in [3.63, 3.8) is 0 Å². The van der Waals surface area contributed by atoms with Crippen LogP contribution >= 0.6 is 22.7 Å². The van der Waals surface area contributed by atoms with Gasteiger partial charge in [-0.2, -0.15) is 4.31 Å². The van der Waals surface area contributed by atoms with Crippen LogP contribution in [0.4, 0.5) is 13.9 Å². The highest BCUT2D eigenvalue weighted by Crippen LogP contribution is 2.34. The Hall–Kier alpha value is -2.73. The van der Waals surface area contributed by atoms with Crippen LogP contribution in [0.3, 0.4) is 0 Å². The molecule has 1 aliphatic rings. The van der Waals surface area contributed by atoms with Crippen molar-refractivity contribution in [1.29, 1.82) is 0 Å². The van der Waals surface area contributed by atoms with E-state index in [4.69, 9.17) is 0 Å². The Kier molecular flexibility index (Phi) is 6.67. The van der Waals surface area contributed by atoms with Gasteiger partial charge in [-0.15, -0.1) is 11.3 Å². The number of amides is 1. The molecule has 35 heavy (non-hydrogen) atoms. The Balaban J connectivity index is 1.40. The number of hydrogen-bond donors (Lipinski definition) is 0. The van der Waals surface area contributed by atoms with Crippen molar-refractivity contribution in [3.05, 3.63) is 77.2 Å². The highest BCUT2D eigenvalue weighted by atomic mass is 32.2. The summed E-state index contributed by atoms with van der Waals surface area (Å²) in [6.45, 7) is 0.683. The number of carbonyl (C=O) groups is 1. The zero-order valence-electron chi connectivity index (χ0n) is 18.4. The van der Waals surface area contributed by atoms with E-state index in [1.807, 2.05) is 30.3 Å². The number of hydrogen-bond acceptors (Lipinski definition) is 6. The van der Waals surface area contributed by atoms with Gasteiger partial charge in [0.15, 0.2) is 10.9 Å². The summed E-state index contributed by atoms with van der Waals surface area (Å²) in [4.78, 5) is 19.5. The summed E-state index contributed by atoms with van der Waals surface area (Å²) < 4.78 is 55.8. The van der Waals surface area contributed by atoms with E-state index >= 15 is 0 Å². The Morgan fingerprint density at radius 3 is 2.51 bits per heavy atom. The van der Waals surface area contributed by atoms with Crippen molar-refractivity contribution in [3.8, 4) is 0 Å². The fourth-order valence-corrected chi connectivity index (χ4v) is 7.79. The first-order valence-corrected chi connectivity index (χ1v) is 14.1. The number of piperidine rings is 1. The molecule has 1 saturated heterocycles. The van der Waals surface area contributed by atoms with E-state index in [2.05, 4.69) is 4.98 Å². The van der Waals surface area contributed by atoms with E-state index in [1.54, 1.807) is 17.5 Å². The Bertz CT molecular complexity index is 1450. The predicted octanol–water partition coefficient (Wildman–Crippen LogP) is 5.27. The molecule has 0 spiro atoms. The average molecular weight is 534 g/mol. The number of halogens is 2. The average Bonchev–Trinajstić information content (AvgIpc) is 3.54. The number of nitrogens with zero attached hydrogens (tertiary/aromatic N) is 3. The monoisotopic (exact) mass is 533 g/mol. The normalized spacial score (nSPS) is 15.5. The van der Waals surface area contributed by atoms with Crippen LogP contribution in [0.1, 0.15) is 18.4 Å². The molecule has 0 N–H and O–H groups in total. The molecule has 11 heteroatoms. The van der Waals surface area contributed by atoms with Crippen LogP contribution in [-0.4, -0.2) is 36.7 Å². The van der Waals surface area contributed by atoms with Crippen molar-refractivity contribution >= 4 is 54.0 Å². The second-order valence-electron chi connectivity index (χ2n) is 8.25. The molecule has 0 bridgehead atoms. The summed E-state index contributed by atoms with van der Waals surface area (Å²) in [6, 6.07) is 14.6. The Labute approximate surface area is 209 Å². The molecule has 6 nitrogen and oxygen atoms in total. The summed E-state index contributed by atoms with van der Waals surface area (Å²) in [7, 11) is -3.58. The second-order valence-corrected chi connectivity index (χ2v) is 12.4. The number of anilines is 1. The molecule has 5 rings (SSSR count). The number of rotatable bonds is 6. The van der Waals surface area contributed by atoms with Gasteiger partial charge >= 0.3 is 0 Å². The molecule has 0 saturated carbocycles. The summed E-state index contributed by atoms with van der Waals surface area (Å²) in [5, 5.41) is 2.00. The van der Waals surface area contributed by atoms with Crippen LogP contribution in [0.2, 0.25) is 0 Å². The van der Waals surface area contributed by atoms with Gasteiger partial charge in [0, 0.05) is 25.1 Å². The SMILES string of the molecule is O=C(C1CCN(S(=O)(=O)c2cccs2)CC1)N(Cc1ccccc1)c1nc2c(F)cc(F)cc2s1. The molecule has 182 valence electrons. The zero-order valence-corrected chi connectivity index (χ0v) is 20.9. The van der Waals surface area contributed by atoms with E-state index in [-0.39, 0.29) is 40.4 Å². The van der Waals surface area contributed by atoms with Gasteiger partial charge in [0.2, 0.25) is 5.91 Å². The minimum atomic E-state index is -3.58. The van der Waals surface area contributed by atoms with Crippen LogP contribution < -0.4 is 4.90 Å². The largest absolute Gasteiger partial charge is 0.283 e. The summed E-state index contributed by atoms with van der Waals surface area (Å²) in [6.07, 6.45) is 0.727. The number of thiophene rings is 1. The molecule has 1 amide bonds. The van der Waals surface area contributed by atoms with Crippen LogP contribution in [0.15, 0.2) is 64.2 Å². The number of fused-ring (bicyclic) bond motifs is 1. The van der Waals surface area contributed by atoms with Crippen molar-refractivity contribution in [2.24, 2.45) is 5.92 Å². The first kappa shape index (κ1) is 24.0. The maximum absolute atomic E-state index is 14.3. The van der Waals surface area contributed by atoms with E-state index in [0.717, 1.165) is 23.0 Å². The predicted molar refractivity (Wildman–Crippen MR) is 133 cm³/mol. The van der Waals surface area contributed by atoms with E-state index < -0.39 is 27.6 Å². The molecule has 0 radical (unpaired) electrons. The third-order valence-electron chi connectivity index (χ3n) is 5.97. The molecule has 2 aromatic heterocycles. The first-order chi connectivity index (χ1) is 16.8. The molecule has 4 aromatic rings. The molecule has 1 aliphatic heterocycles. The molecule has 0 atom stereocenters. The van der Waals surface area contributed by atoms with Crippen molar-refractivity contribution in [2.75, 3.05) is 18.0 Å². The zero-order chi connectivity index (χ0) is 24.6. The maximum Gasteiger partial charge on any atom is 0.252 e. The lowest BCUT2D eigenvalue weighted by Gasteiger charge is -2.32. The van der Waals surface area contributed by atoms with E-state index in [9.17, 15) is 22.0 Å². The number of sulfonamides is 1. The lowest BCUT2D eigenvalue weighted by Crippen LogP contribution is -2.44. The number of thiazole rings is 1. The molecular formula is C24H21F2N3O3S3. The van der Waals surface area contributed by atoms with Crippen LogP contribution in [-0.2, 0) is 21.4 Å². The second kappa shape index (κ2) is 9.73. The molecule has 0 unspecified atom stereocenters. The van der Waals surface area contributed by atoms with Crippen molar-refractivity contribution < 1.29 is 22.0 Å². The molecule has 1 fully saturated rings. The van der Waals surface area contributed by atoms with Gasteiger partial charge in [-0.25, -0.2) is 22.2 Å². The first-order valence-electron chi connectivity index (χ1n) is 11.0. The summed E-state index contributed by atoms with van der Waals surface area (Å²) >= 11 is 2.23. The summed E-state index contributed by atoms with van der Waals surface area (Å²) in [5.41, 5.74) is 0.888. The van der Waals surface area contributed by atoms with Gasteiger partial charge in [-0.1, -0.05) is 47.7 Å². The topological polar surface area (TPSA) is 70.6 Å². The van der Waals surface area contributed by atoms with Crippen molar-refractivity contribution in [2.45, 2.75) is 23.6 Å². The van der Waals surface area contributed by atoms with E-state index in [1.165, 1.54) is 26.6 Å². The van der Waals surface area contributed by atoms with Gasteiger partial charge in [0.05, 0.1) is 11.2 Å². The molecule has 0 aliphatic carbocycles. The lowest BCUT2D eigenvalue weighted by molar-refractivity contribution is -0.123. The van der Waals surface area contributed by atoms with Gasteiger partial charge in [0.1, 0.15) is 15.5 Å². The van der Waals surface area contributed by atoms with Crippen LogP contribution in [0, 0.1) is 17.6 Å². The third-order valence-corrected chi connectivity index (χ3v) is 10.3. The third kappa shape index (κ3) is 4.86. The van der Waals surface area contributed by atoms with Gasteiger partial charge in [-0.3, -0.25) is 9.69 Å². The van der Waals surface area contributed by atoms with Crippen LogP contribution in [0.25, 0.3) is 10.2 Å². The lowest BCUT2D eigenvalue weighted by atomic mass is 9.96. The molecule has 3 heterocycles. The minimum absolute atomic E-state index is 0.0223. The minimum Gasteiger partial charge on any atom is -0.283 e. The molecular weight excluding hydrogens is 512 g/mol. The van der Waals surface area contributed by atoms with Gasteiger partial charge in [0.25, 0.3) is 10.0 Å². The highest BCUT2D eigenvalue weighted by molar-refractivity contribution is 7.91. The molecule has 2 aromatic carbocycles.